The summed E-state index contributed by atoms with van der Waals surface area (Å²) in [5.74, 6) is -0.914. The number of pyridine rings is 1. The Morgan fingerprint density at radius 3 is 2.87 bits per heavy atom. The van der Waals surface area contributed by atoms with Crippen LogP contribution in [0.1, 0.15) is 5.56 Å². The molecule has 0 spiro atoms. The highest BCUT2D eigenvalue weighted by molar-refractivity contribution is 6.08. The monoisotopic (exact) mass is 406 g/mol. The van der Waals surface area contributed by atoms with Crippen molar-refractivity contribution < 1.29 is 19.4 Å². The number of nitrogens with one attached hydrogen (secondary N) is 1. The van der Waals surface area contributed by atoms with Crippen molar-refractivity contribution in [3.63, 3.8) is 0 Å². The summed E-state index contributed by atoms with van der Waals surface area (Å²) >= 11 is 0. The minimum Gasteiger partial charge on any atom is -0.466 e. The molecular formula is C22H22N4O4. The molecule has 0 saturated heterocycles. The van der Waals surface area contributed by atoms with Gasteiger partial charge >= 0.3 is 5.97 Å². The van der Waals surface area contributed by atoms with E-state index in [0.29, 0.717) is 5.69 Å². The third-order valence-electron chi connectivity index (χ3n) is 5.11. The number of aliphatic hydroxyl groups is 1. The van der Waals surface area contributed by atoms with Crippen LogP contribution in [0, 0.1) is 6.92 Å². The first-order valence-electron chi connectivity index (χ1n) is 9.55. The molecule has 0 atom stereocenters. The lowest BCUT2D eigenvalue weighted by molar-refractivity contribution is -0.136. The van der Waals surface area contributed by atoms with Gasteiger partial charge in [-0.2, -0.15) is 0 Å². The third-order valence-corrected chi connectivity index (χ3v) is 5.11. The molecule has 0 bridgehead atoms. The van der Waals surface area contributed by atoms with E-state index >= 15 is 0 Å². The summed E-state index contributed by atoms with van der Waals surface area (Å²) in [5.41, 5.74) is 4.53. The minimum atomic E-state index is -0.569. The molecule has 8 nitrogen and oxygen atoms in total. The number of anilines is 1. The summed E-state index contributed by atoms with van der Waals surface area (Å²) in [4.78, 5) is 31.0. The number of carbonyl (C=O) groups is 2. The quantitative estimate of drug-likeness (QED) is 0.608. The Balaban J connectivity index is 1.70. The van der Waals surface area contributed by atoms with Crippen LogP contribution in [0.25, 0.3) is 16.9 Å². The summed E-state index contributed by atoms with van der Waals surface area (Å²) in [6.45, 7) is 1.97. The molecule has 154 valence electrons. The number of imidazole rings is 1. The molecule has 1 aromatic carbocycles. The predicted molar refractivity (Wildman–Crippen MR) is 112 cm³/mol. The standard InChI is InChI=1S/C22H22N4O4/c1-14-6-7-15(18-13-25-8-4-3-5-19(25)23-18)11-17(14)24-20-16(22(29)30-2)12-26(9-10-27)21(20)28/h3-8,11,13,24,27H,9-10,12H2,1-2H3. The second-order valence-corrected chi connectivity index (χ2v) is 7.04. The smallest absolute Gasteiger partial charge is 0.337 e. The molecule has 1 aliphatic rings. The van der Waals surface area contributed by atoms with Crippen LogP contribution in [0.2, 0.25) is 0 Å². The molecule has 0 unspecified atom stereocenters. The molecule has 4 rings (SSSR count). The molecule has 0 fully saturated rings. The summed E-state index contributed by atoms with van der Waals surface area (Å²) in [6, 6.07) is 11.6. The van der Waals surface area contributed by atoms with E-state index in [1.54, 1.807) is 0 Å². The zero-order valence-electron chi connectivity index (χ0n) is 16.8. The second kappa shape index (κ2) is 8.00. The molecule has 2 aromatic heterocycles. The Bertz CT molecular complexity index is 1130. The largest absolute Gasteiger partial charge is 0.466 e. The highest BCUT2D eigenvalue weighted by Crippen LogP contribution is 2.29. The number of benzene rings is 1. The fraction of sp³-hybridized carbons (Fsp3) is 0.227. The van der Waals surface area contributed by atoms with Gasteiger partial charge in [0.1, 0.15) is 11.3 Å². The summed E-state index contributed by atoms with van der Waals surface area (Å²) < 4.78 is 6.78. The van der Waals surface area contributed by atoms with Gasteiger partial charge in [-0.05, 0) is 30.7 Å². The van der Waals surface area contributed by atoms with Crippen molar-refractivity contribution in [2.24, 2.45) is 0 Å². The van der Waals surface area contributed by atoms with Crippen molar-refractivity contribution in [1.82, 2.24) is 14.3 Å². The molecule has 3 aromatic rings. The van der Waals surface area contributed by atoms with Crippen LogP contribution in [0.15, 0.2) is 60.1 Å². The van der Waals surface area contributed by atoms with Gasteiger partial charge in [-0.3, -0.25) is 4.79 Å². The highest BCUT2D eigenvalue weighted by atomic mass is 16.5. The van der Waals surface area contributed by atoms with E-state index in [9.17, 15) is 14.7 Å². The van der Waals surface area contributed by atoms with E-state index in [2.05, 4.69) is 10.3 Å². The van der Waals surface area contributed by atoms with Crippen LogP contribution in [0.4, 0.5) is 5.69 Å². The number of esters is 1. The van der Waals surface area contributed by atoms with Gasteiger partial charge < -0.3 is 24.5 Å². The van der Waals surface area contributed by atoms with E-state index in [4.69, 9.17) is 4.74 Å². The fourth-order valence-electron chi connectivity index (χ4n) is 3.47. The number of aromatic nitrogens is 2. The van der Waals surface area contributed by atoms with Crippen LogP contribution < -0.4 is 5.32 Å². The molecule has 1 amide bonds. The van der Waals surface area contributed by atoms with Gasteiger partial charge in [0.25, 0.3) is 5.91 Å². The number of rotatable bonds is 6. The van der Waals surface area contributed by atoms with Crippen LogP contribution >= 0.6 is 0 Å². The number of β-amino-alcohol motifs (C(OH)–C–C–N with tert-alkyl or cyclic N) is 1. The van der Waals surface area contributed by atoms with Crippen LogP contribution in [0.5, 0.6) is 0 Å². The SMILES string of the molecule is COC(=O)C1=C(Nc2cc(-c3cn4ccccc4n3)ccc2C)C(=O)N(CCO)C1. The first kappa shape index (κ1) is 19.7. The lowest BCUT2D eigenvalue weighted by atomic mass is 10.1. The summed E-state index contributed by atoms with van der Waals surface area (Å²) in [7, 11) is 1.28. The van der Waals surface area contributed by atoms with Gasteiger partial charge in [-0.25, -0.2) is 9.78 Å². The topological polar surface area (TPSA) is 96.2 Å². The third kappa shape index (κ3) is 3.53. The van der Waals surface area contributed by atoms with E-state index in [-0.39, 0.29) is 36.9 Å². The molecule has 1 aliphatic heterocycles. The lowest BCUT2D eigenvalue weighted by Gasteiger charge is -2.16. The van der Waals surface area contributed by atoms with Gasteiger partial charge in [0.05, 0.1) is 31.5 Å². The fourth-order valence-corrected chi connectivity index (χ4v) is 3.47. The van der Waals surface area contributed by atoms with Crippen LogP contribution in [-0.4, -0.2) is 58.1 Å². The van der Waals surface area contributed by atoms with Gasteiger partial charge in [-0.1, -0.05) is 18.2 Å². The van der Waals surface area contributed by atoms with E-state index in [1.807, 2.05) is 60.1 Å². The first-order chi connectivity index (χ1) is 14.5. The number of nitrogens with zero attached hydrogens (tertiary/aromatic N) is 3. The maximum absolute atomic E-state index is 12.8. The number of methoxy groups -OCH3 is 1. The molecule has 0 aliphatic carbocycles. The van der Waals surface area contributed by atoms with Crippen molar-refractivity contribution in [1.29, 1.82) is 0 Å². The zero-order valence-corrected chi connectivity index (χ0v) is 16.8. The summed E-state index contributed by atoms with van der Waals surface area (Å²) in [6.07, 6.45) is 3.87. The van der Waals surface area contributed by atoms with Crippen molar-refractivity contribution in [3.05, 3.63) is 65.6 Å². The van der Waals surface area contributed by atoms with Gasteiger partial charge in [0.2, 0.25) is 0 Å². The van der Waals surface area contributed by atoms with Gasteiger partial charge in [0.15, 0.2) is 0 Å². The molecule has 8 heteroatoms. The lowest BCUT2D eigenvalue weighted by Crippen LogP contribution is -2.31. The second-order valence-electron chi connectivity index (χ2n) is 7.04. The van der Waals surface area contributed by atoms with Crippen LogP contribution in [0.3, 0.4) is 0 Å². The van der Waals surface area contributed by atoms with Crippen molar-refractivity contribution in [3.8, 4) is 11.3 Å². The number of hydrogen-bond donors (Lipinski definition) is 2. The van der Waals surface area contributed by atoms with E-state index < -0.39 is 5.97 Å². The molecule has 3 heterocycles. The highest BCUT2D eigenvalue weighted by Gasteiger charge is 2.34. The zero-order chi connectivity index (χ0) is 21.3. The Kier molecular flexibility index (Phi) is 5.24. The van der Waals surface area contributed by atoms with Crippen molar-refractivity contribution >= 4 is 23.2 Å². The normalized spacial score (nSPS) is 14.0. The first-order valence-corrected chi connectivity index (χ1v) is 9.55. The number of hydrogen-bond acceptors (Lipinski definition) is 6. The Labute approximate surface area is 173 Å². The number of aliphatic hydroxyl groups excluding tert-OH is 1. The maximum Gasteiger partial charge on any atom is 0.337 e. The van der Waals surface area contributed by atoms with Gasteiger partial charge in [-0.15, -0.1) is 0 Å². The molecule has 30 heavy (non-hydrogen) atoms. The Hall–Kier alpha value is -3.65. The van der Waals surface area contributed by atoms with Crippen molar-refractivity contribution in [2.75, 3.05) is 32.1 Å². The predicted octanol–water partition coefficient (Wildman–Crippen LogP) is 1.98. The molecular weight excluding hydrogens is 384 g/mol. The molecule has 0 saturated carbocycles. The van der Waals surface area contributed by atoms with Gasteiger partial charge in [0, 0.05) is 30.2 Å². The average molecular weight is 406 g/mol. The van der Waals surface area contributed by atoms with Crippen LogP contribution in [-0.2, 0) is 14.3 Å². The number of amides is 1. The summed E-state index contributed by atoms with van der Waals surface area (Å²) in [5, 5.41) is 12.3. The Morgan fingerprint density at radius 1 is 1.30 bits per heavy atom. The van der Waals surface area contributed by atoms with E-state index in [1.165, 1.54) is 12.0 Å². The number of carbonyl (C=O) groups excluding carboxylic acids is 2. The maximum atomic E-state index is 12.8. The number of aryl methyl sites for hydroxylation is 1. The molecule has 0 radical (unpaired) electrons. The average Bonchev–Trinajstić information content (AvgIpc) is 3.32. The Morgan fingerprint density at radius 2 is 2.13 bits per heavy atom. The number of ether oxygens (including phenoxy) is 1. The minimum absolute atomic E-state index is 0.0968. The molecule has 2 N–H and O–H groups in total. The van der Waals surface area contributed by atoms with Crippen molar-refractivity contribution in [2.45, 2.75) is 6.92 Å². The van der Waals surface area contributed by atoms with E-state index in [0.717, 1.165) is 22.5 Å². The number of fused-ring (bicyclic) bond motifs is 1.